The number of nitrogens with one attached hydrogen (secondary N) is 1. The molecule has 0 amide bonds. The van der Waals surface area contributed by atoms with Crippen molar-refractivity contribution >= 4 is 10.0 Å². The molecule has 1 heterocycles. The highest BCUT2D eigenvalue weighted by Gasteiger charge is 2.24. The van der Waals surface area contributed by atoms with Gasteiger partial charge in [-0.05, 0) is 33.2 Å². The number of rotatable bonds is 4. The van der Waals surface area contributed by atoms with Crippen molar-refractivity contribution < 1.29 is 8.42 Å². The fraction of sp³-hybridized carbons (Fsp3) is 1.00. The summed E-state index contributed by atoms with van der Waals surface area (Å²) >= 11 is 0. The highest BCUT2D eigenvalue weighted by atomic mass is 32.2. The first-order valence-corrected chi connectivity index (χ1v) is 7.46. The molecule has 1 saturated heterocycles. The Kier molecular flexibility index (Phi) is 4.55. The van der Waals surface area contributed by atoms with E-state index in [1.165, 1.54) is 19.1 Å². The summed E-state index contributed by atoms with van der Waals surface area (Å²) in [6.45, 7) is 5.46. The lowest BCUT2D eigenvalue weighted by Crippen LogP contribution is -2.47. The Morgan fingerprint density at radius 3 is 2.47 bits per heavy atom. The van der Waals surface area contributed by atoms with Crippen molar-refractivity contribution in [3.63, 3.8) is 0 Å². The van der Waals surface area contributed by atoms with Crippen LogP contribution in [0.25, 0.3) is 0 Å². The number of hydrogen-bond donors (Lipinski definition) is 1. The zero-order chi connectivity index (χ0) is 11.5. The van der Waals surface area contributed by atoms with Crippen LogP contribution in [0.1, 0.15) is 33.1 Å². The van der Waals surface area contributed by atoms with Gasteiger partial charge in [-0.1, -0.05) is 6.42 Å². The van der Waals surface area contributed by atoms with Crippen molar-refractivity contribution in [3.05, 3.63) is 0 Å². The summed E-state index contributed by atoms with van der Waals surface area (Å²) in [5.74, 6) is 0. The van der Waals surface area contributed by atoms with E-state index in [9.17, 15) is 8.42 Å². The summed E-state index contributed by atoms with van der Waals surface area (Å²) in [7, 11) is -3.07. The second-order valence-electron chi connectivity index (χ2n) is 4.57. The molecule has 90 valence electrons. The lowest BCUT2D eigenvalue weighted by atomic mass is 10.1. The minimum atomic E-state index is -3.07. The van der Waals surface area contributed by atoms with Crippen LogP contribution in [-0.2, 0) is 10.0 Å². The molecule has 0 saturated carbocycles. The largest absolute Gasteiger partial charge is 0.313 e. The topological polar surface area (TPSA) is 49.4 Å². The van der Waals surface area contributed by atoms with Crippen LogP contribution in [0.4, 0.5) is 0 Å². The van der Waals surface area contributed by atoms with E-state index in [0.29, 0.717) is 12.6 Å². The summed E-state index contributed by atoms with van der Waals surface area (Å²) in [6.07, 6.45) is 4.78. The quantitative estimate of drug-likeness (QED) is 0.783. The summed E-state index contributed by atoms with van der Waals surface area (Å²) in [4.78, 5) is 0. The SMILES string of the molecule is CC(C)N(CC1CCCCN1)S(C)(=O)=O. The maximum atomic E-state index is 11.5. The van der Waals surface area contributed by atoms with Crippen LogP contribution >= 0.6 is 0 Å². The van der Waals surface area contributed by atoms with Crippen molar-refractivity contribution in [2.45, 2.75) is 45.2 Å². The van der Waals surface area contributed by atoms with Crippen LogP contribution in [0.2, 0.25) is 0 Å². The Bertz CT molecular complexity index is 282. The molecule has 0 aliphatic carbocycles. The second kappa shape index (κ2) is 5.27. The highest BCUT2D eigenvalue weighted by Crippen LogP contribution is 2.12. The zero-order valence-electron chi connectivity index (χ0n) is 9.86. The van der Waals surface area contributed by atoms with Crippen LogP contribution in [0.3, 0.4) is 0 Å². The molecular formula is C10H22N2O2S. The standard InChI is InChI=1S/C10H22N2O2S/c1-9(2)12(15(3,13)14)8-10-6-4-5-7-11-10/h9-11H,4-8H2,1-3H3. The van der Waals surface area contributed by atoms with Gasteiger partial charge in [-0.3, -0.25) is 0 Å². The van der Waals surface area contributed by atoms with Gasteiger partial charge in [0.1, 0.15) is 0 Å². The van der Waals surface area contributed by atoms with E-state index in [2.05, 4.69) is 5.32 Å². The molecule has 1 atom stereocenters. The van der Waals surface area contributed by atoms with Gasteiger partial charge in [0.15, 0.2) is 0 Å². The van der Waals surface area contributed by atoms with Gasteiger partial charge in [-0.2, -0.15) is 4.31 Å². The lowest BCUT2D eigenvalue weighted by molar-refractivity contribution is 0.284. The average molecular weight is 234 g/mol. The molecule has 1 fully saturated rings. The highest BCUT2D eigenvalue weighted by molar-refractivity contribution is 7.88. The van der Waals surface area contributed by atoms with Crippen LogP contribution < -0.4 is 5.32 Å². The molecule has 0 spiro atoms. The Morgan fingerprint density at radius 1 is 1.40 bits per heavy atom. The Hall–Kier alpha value is -0.130. The summed E-state index contributed by atoms with van der Waals surface area (Å²) < 4.78 is 24.7. The van der Waals surface area contributed by atoms with Crippen molar-refractivity contribution in [1.29, 1.82) is 0 Å². The molecule has 1 unspecified atom stereocenters. The van der Waals surface area contributed by atoms with Gasteiger partial charge in [-0.25, -0.2) is 8.42 Å². The van der Waals surface area contributed by atoms with Gasteiger partial charge in [-0.15, -0.1) is 0 Å². The molecular weight excluding hydrogens is 212 g/mol. The number of nitrogens with zero attached hydrogens (tertiary/aromatic N) is 1. The number of sulfonamides is 1. The molecule has 1 aliphatic heterocycles. The fourth-order valence-corrected chi connectivity index (χ4v) is 3.24. The zero-order valence-corrected chi connectivity index (χ0v) is 10.7. The van der Waals surface area contributed by atoms with E-state index < -0.39 is 10.0 Å². The molecule has 0 aromatic rings. The normalized spacial score (nSPS) is 23.7. The van der Waals surface area contributed by atoms with Crippen molar-refractivity contribution in [3.8, 4) is 0 Å². The molecule has 15 heavy (non-hydrogen) atoms. The molecule has 0 aromatic carbocycles. The number of piperidine rings is 1. The maximum Gasteiger partial charge on any atom is 0.211 e. The molecule has 1 rings (SSSR count). The summed E-state index contributed by atoms with van der Waals surface area (Å²) in [6, 6.07) is 0.375. The van der Waals surface area contributed by atoms with Crippen LogP contribution in [0.5, 0.6) is 0 Å². The van der Waals surface area contributed by atoms with Crippen molar-refractivity contribution in [2.75, 3.05) is 19.3 Å². The molecule has 0 aromatic heterocycles. The van der Waals surface area contributed by atoms with E-state index in [4.69, 9.17) is 0 Å². The van der Waals surface area contributed by atoms with Crippen molar-refractivity contribution in [2.24, 2.45) is 0 Å². The minimum Gasteiger partial charge on any atom is -0.313 e. The minimum absolute atomic E-state index is 0.0451. The molecule has 0 bridgehead atoms. The van der Waals surface area contributed by atoms with Gasteiger partial charge in [0.05, 0.1) is 6.26 Å². The Labute approximate surface area is 93.1 Å². The van der Waals surface area contributed by atoms with Gasteiger partial charge in [0.2, 0.25) is 10.0 Å². The van der Waals surface area contributed by atoms with Gasteiger partial charge in [0.25, 0.3) is 0 Å². The third kappa shape index (κ3) is 4.09. The molecule has 1 N–H and O–H groups in total. The molecule has 0 radical (unpaired) electrons. The van der Waals surface area contributed by atoms with Crippen LogP contribution in [0, 0.1) is 0 Å². The first-order chi connectivity index (χ1) is 6.91. The summed E-state index contributed by atoms with van der Waals surface area (Å²) in [5.41, 5.74) is 0. The fourth-order valence-electron chi connectivity index (χ4n) is 2.03. The van der Waals surface area contributed by atoms with Gasteiger partial charge < -0.3 is 5.32 Å². The van der Waals surface area contributed by atoms with E-state index >= 15 is 0 Å². The first-order valence-electron chi connectivity index (χ1n) is 5.61. The van der Waals surface area contributed by atoms with Crippen molar-refractivity contribution in [1.82, 2.24) is 9.62 Å². The molecule has 4 nitrogen and oxygen atoms in total. The summed E-state index contributed by atoms with van der Waals surface area (Å²) in [5, 5.41) is 3.37. The van der Waals surface area contributed by atoms with Crippen LogP contribution in [0.15, 0.2) is 0 Å². The number of hydrogen-bond acceptors (Lipinski definition) is 3. The first kappa shape index (κ1) is 12.9. The second-order valence-corrected chi connectivity index (χ2v) is 6.51. The monoisotopic (exact) mass is 234 g/mol. The van der Waals surface area contributed by atoms with Gasteiger partial charge in [0, 0.05) is 18.6 Å². The van der Waals surface area contributed by atoms with E-state index in [-0.39, 0.29) is 6.04 Å². The van der Waals surface area contributed by atoms with Crippen LogP contribution in [-0.4, -0.2) is 44.2 Å². The third-order valence-electron chi connectivity index (χ3n) is 2.81. The van der Waals surface area contributed by atoms with E-state index in [1.807, 2.05) is 13.8 Å². The van der Waals surface area contributed by atoms with Gasteiger partial charge >= 0.3 is 0 Å². The Balaban J connectivity index is 2.58. The third-order valence-corrected chi connectivity index (χ3v) is 4.24. The molecule has 5 heteroatoms. The Morgan fingerprint density at radius 2 is 2.07 bits per heavy atom. The predicted molar refractivity (Wildman–Crippen MR) is 62.3 cm³/mol. The molecule has 1 aliphatic rings. The maximum absolute atomic E-state index is 11.5. The van der Waals surface area contributed by atoms with E-state index in [1.54, 1.807) is 4.31 Å². The smallest absolute Gasteiger partial charge is 0.211 e. The predicted octanol–water partition coefficient (Wildman–Crippen LogP) is 0.798. The average Bonchev–Trinajstić information content (AvgIpc) is 2.13. The lowest BCUT2D eigenvalue weighted by Gasteiger charge is -2.31. The van der Waals surface area contributed by atoms with E-state index in [0.717, 1.165) is 13.0 Å².